The lowest BCUT2D eigenvalue weighted by Gasteiger charge is -1.70. The van der Waals surface area contributed by atoms with Gasteiger partial charge in [-0.1, -0.05) is 0 Å². The van der Waals surface area contributed by atoms with Gasteiger partial charge in [0, 0.05) is 5.38 Å². The smallest absolute Gasteiger partial charge is 0.182 e. The fraction of sp³-hybridized carbons (Fsp3) is 0. The van der Waals surface area contributed by atoms with E-state index in [2.05, 4.69) is 17.6 Å². The van der Waals surface area contributed by atoms with Crippen molar-refractivity contribution in [1.82, 2.24) is 4.98 Å². The van der Waals surface area contributed by atoms with Crippen molar-refractivity contribution in [3.05, 3.63) is 5.38 Å². The summed E-state index contributed by atoms with van der Waals surface area (Å²) < 4.78 is 0.609. The maximum absolute atomic E-state index is 5.21. The van der Waals surface area contributed by atoms with Crippen LogP contribution in [0.15, 0.2) is 9.72 Å². The Morgan fingerprint density at radius 3 is 2.71 bits per heavy atom. The Hall–Kier alpha value is -0.350. The maximum atomic E-state index is 5.21. The zero-order valence-electron chi connectivity index (χ0n) is 3.42. The third-order valence-electron chi connectivity index (χ3n) is 0.501. The van der Waals surface area contributed by atoms with E-state index in [9.17, 15) is 0 Å². The summed E-state index contributed by atoms with van der Waals surface area (Å²) in [5, 5.41) is 1.72. The molecule has 2 N–H and O–H groups in total. The van der Waals surface area contributed by atoms with Gasteiger partial charge in [-0.05, 0) is 12.6 Å². The second-order valence-electron chi connectivity index (χ2n) is 1.04. The number of nitrogen functional groups attached to an aromatic ring is 1. The van der Waals surface area contributed by atoms with Gasteiger partial charge in [-0.3, -0.25) is 0 Å². The van der Waals surface area contributed by atoms with Crippen LogP contribution in [0.3, 0.4) is 0 Å². The summed E-state index contributed by atoms with van der Waals surface area (Å²) in [5.74, 6) is 0.523. The molecule has 1 aromatic rings. The van der Waals surface area contributed by atoms with Gasteiger partial charge in [0.2, 0.25) is 0 Å². The van der Waals surface area contributed by atoms with Crippen LogP contribution < -0.4 is 5.73 Å². The van der Waals surface area contributed by atoms with Crippen LogP contribution in [-0.2, 0) is 0 Å². The lowest BCUT2D eigenvalue weighted by atomic mass is 10.9. The van der Waals surface area contributed by atoms with Crippen molar-refractivity contribution in [3.8, 4) is 0 Å². The van der Waals surface area contributed by atoms with Gasteiger partial charge in [-0.25, -0.2) is 4.98 Å². The molecule has 1 rings (SSSR count). The van der Waals surface area contributed by atoms with Gasteiger partial charge < -0.3 is 5.73 Å². The van der Waals surface area contributed by atoms with Crippen molar-refractivity contribution in [2.24, 2.45) is 0 Å². The van der Waals surface area contributed by atoms with Gasteiger partial charge in [0.05, 0.1) is 0 Å². The minimum absolute atomic E-state index is 0.523. The second kappa shape index (κ2) is 1.63. The Labute approximate surface area is 50.8 Å². The minimum Gasteiger partial charge on any atom is -0.383 e. The highest BCUT2D eigenvalue weighted by molar-refractivity contribution is 7.82. The first-order chi connectivity index (χ1) is 3.29. The first-order valence-corrected chi connectivity index (χ1v) is 2.96. The van der Waals surface area contributed by atoms with Crippen LogP contribution in [0.4, 0.5) is 5.82 Å². The van der Waals surface area contributed by atoms with Crippen molar-refractivity contribution in [3.63, 3.8) is 0 Å². The molecule has 0 bridgehead atoms. The number of hydrogen-bond donors (Lipinski definition) is 1. The topological polar surface area (TPSA) is 38.9 Å². The molecule has 0 aliphatic carbocycles. The number of aromatic nitrogens is 1. The number of nitrogens with zero attached hydrogens (tertiary/aromatic N) is 1. The van der Waals surface area contributed by atoms with Crippen LogP contribution in [0, 0.1) is 0 Å². The monoisotopic (exact) mass is 131 g/mol. The lowest BCUT2D eigenvalue weighted by molar-refractivity contribution is 1.27. The molecule has 0 saturated carbocycles. The molecule has 1 aromatic heterocycles. The molecule has 0 aliphatic heterocycles. The largest absolute Gasteiger partial charge is 0.383 e. The summed E-state index contributed by atoms with van der Waals surface area (Å²) in [7, 11) is 0. The second-order valence-corrected chi connectivity index (χ2v) is 2.54. The molecule has 0 aromatic carbocycles. The SMILES string of the molecule is Nc1csc([S])n1. The summed E-state index contributed by atoms with van der Waals surface area (Å²) in [6.07, 6.45) is 0. The van der Waals surface area contributed by atoms with Crippen LogP contribution in [0.5, 0.6) is 0 Å². The highest BCUT2D eigenvalue weighted by Crippen LogP contribution is 2.13. The van der Waals surface area contributed by atoms with E-state index in [0.29, 0.717) is 10.2 Å². The summed E-state index contributed by atoms with van der Waals surface area (Å²) in [4.78, 5) is 3.72. The van der Waals surface area contributed by atoms with Crippen molar-refractivity contribution < 1.29 is 0 Å². The van der Waals surface area contributed by atoms with E-state index in [1.807, 2.05) is 0 Å². The molecular weight excluding hydrogens is 128 g/mol. The summed E-state index contributed by atoms with van der Waals surface area (Å²) >= 11 is 6.04. The molecule has 0 amide bonds. The molecule has 37 valence electrons. The van der Waals surface area contributed by atoms with Crippen molar-refractivity contribution in [1.29, 1.82) is 0 Å². The predicted octanol–water partition coefficient (Wildman–Crippen LogP) is 1.28. The van der Waals surface area contributed by atoms with Gasteiger partial charge in [0.1, 0.15) is 5.82 Å². The number of anilines is 1. The van der Waals surface area contributed by atoms with Crippen molar-refractivity contribution in [2.45, 2.75) is 4.34 Å². The number of rotatable bonds is 0. The van der Waals surface area contributed by atoms with E-state index in [-0.39, 0.29) is 0 Å². The third kappa shape index (κ3) is 1.01. The molecule has 1 heterocycles. The standard InChI is InChI=1S/C3H3N2S2/c4-2-1-7-3(6)5-2/h1H,4H2. The first-order valence-electron chi connectivity index (χ1n) is 1.67. The molecule has 7 heavy (non-hydrogen) atoms. The molecule has 1 radical (unpaired) electrons. The van der Waals surface area contributed by atoms with Crippen LogP contribution in [0.1, 0.15) is 0 Å². The number of thiazole rings is 1. The first kappa shape index (κ1) is 4.80. The van der Waals surface area contributed by atoms with E-state index < -0.39 is 0 Å². The van der Waals surface area contributed by atoms with E-state index in [1.165, 1.54) is 11.3 Å². The Kier molecular flexibility index (Phi) is 1.12. The molecule has 0 spiro atoms. The average molecular weight is 131 g/mol. The summed E-state index contributed by atoms with van der Waals surface area (Å²) in [6, 6.07) is 0. The van der Waals surface area contributed by atoms with Gasteiger partial charge >= 0.3 is 0 Å². The number of hydrogen-bond acceptors (Lipinski definition) is 3. The van der Waals surface area contributed by atoms with Gasteiger partial charge in [-0.15, -0.1) is 11.3 Å². The van der Waals surface area contributed by atoms with Gasteiger partial charge in [0.25, 0.3) is 0 Å². The van der Waals surface area contributed by atoms with E-state index in [4.69, 9.17) is 5.73 Å². The normalized spacial score (nSPS) is 9.14. The van der Waals surface area contributed by atoms with Crippen LogP contribution >= 0.6 is 24.0 Å². The average Bonchev–Trinajstić information content (AvgIpc) is 1.87. The number of nitrogens with two attached hydrogens (primary N) is 1. The molecule has 2 nitrogen and oxygen atoms in total. The minimum atomic E-state index is 0.523. The Bertz CT molecular complexity index is 143. The van der Waals surface area contributed by atoms with Crippen molar-refractivity contribution in [2.75, 3.05) is 5.73 Å². The quantitative estimate of drug-likeness (QED) is 0.576. The summed E-state index contributed by atoms with van der Waals surface area (Å²) in [5.41, 5.74) is 5.21. The fourth-order valence-corrected chi connectivity index (χ4v) is 0.951. The van der Waals surface area contributed by atoms with Crippen molar-refractivity contribution >= 4 is 29.8 Å². The van der Waals surface area contributed by atoms with Gasteiger partial charge in [0.15, 0.2) is 4.34 Å². The predicted molar refractivity (Wildman–Crippen MR) is 32.4 cm³/mol. The van der Waals surface area contributed by atoms with E-state index in [1.54, 1.807) is 5.38 Å². The maximum Gasteiger partial charge on any atom is 0.182 e. The lowest BCUT2D eigenvalue weighted by Crippen LogP contribution is -1.80. The Morgan fingerprint density at radius 2 is 2.57 bits per heavy atom. The van der Waals surface area contributed by atoms with E-state index in [0.717, 1.165) is 0 Å². The molecule has 0 saturated heterocycles. The van der Waals surface area contributed by atoms with Gasteiger partial charge in [-0.2, -0.15) is 0 Å². The Morgan fingerprint density at radius 1 is 1.86 bits per heavy atom. The van der Waals surface area contributed by atoms with E-state index >= 15 is 0 Å². The highest BCUT2D eigenvalue weighted by atomic mass is 32.2. The molecule has 0 atom stereocenters. The van der Waals surface area contributed by atoms with Crippen LogP contribution in [0.25, 0.3) is 0 Å². The molecular formula is C3H3N2S2. The highest BCUT2D eigenvalue weighted by Gasteiger charge is 1.89. The summed E-state index contributed by atoms with van der Waals surface area (Å²) in [6.45, 7) is 0. The van der Waals surface area contributed by atoms with Crippen LogP contribution in [-0.4, -0.2) is 4.98 Å². The molecule has 0 fully saturated rings. The van der Waals surface area contributed by atoms with Crippen LogP contribution in [0.2, 0.25) is 0 Å². The zero-order valence-corrected chi connectivity index (χ0v) is 5.05. The zero-order chi connectivity index (χ0) is 5.28. The molecule has 4 heteroatoms. The molecule has 0 unspecified atom stereocenters. The molecule has 0 aliphatic rings. The third-order valence-corrected chi connectivity index (χ3v) is 1.53. The fourth-order valence-electron chi connectivity index (χ4n) is 0.269. The Balaban J connectivity index is 3.04.